The van der Waals surface area contributed by atoms with Crippen molar-refractivity contribution in [2.75, 3.05) is 57.3 Å². The zero-order chi connectivity index (χ0) is 20.4. The highest BCUT2D eigenvalue weighted by Gasteiger charge is 2.31. The summed E-state index contributed by atoms with van der Waals surface area (Å²) >= 11 is 0. The van der Waals surface area contributed by atoms with Gasteiger partial charge in [-0.1, -0.05) is 6.42 Å². The van der Waals surface area contributed by atoms with E-state index in [1.54, 1.807) is 6.92 Å². The van der Waals surface area contributed by atoms with Gasteiger partial charge in [-0.05, 0) is 51.0 Å². The molecule has 1 saturated carbocycles. The third-order valence-electron chi connectivity index (χ3n) is 7.00. The monoisotopic (exact) mass is 398 g/mol. The van der Waals surface area contributed by atoms with Crippen LogP contribution in [-0.2, 0) is 4.79 Å². The Labute approximate surface area is 174 Å². The van der Waals surface area contributed by atoms with Crippen LogP contribution in [0.3, 0.4) is 0 Å². The molecule has 2 saturated heterocycles. The summed E-state index contributed by atoms with van der Waals surface area (Å²) in [4.78, 5) is 33.6. The second kappa shape index (κ2) is 8.84. The average molecular weight is 399 g/mol. The minimum atomic E-state index is 0.0989. The van der Waals surface area contributed by atoms with Crippen LogP contribution < -0.4 is 4.90 Å². The van der Waals surface area contributed by atoms with Crippen molar-refractivity contribution in [1.82, 2.24) is 14.7 Å². The van der Waals surface area contributed by atoms with Gasteiger partial charge in [0.2, 0.25) is 5.91 Å². The first-order chi connectivity index (χ1) is 14.0. The number of hydrogen-bond acceptors (Lipinski definition) is 5. The molecule has 0 radical (unpaired) electrons. The molecule has 2 heterocycles. The lowest BCUT2D eigenvalue weighted by Gasteiger charge is -2.44. The highest BCUT2D eigenvalue weighted by atomic mass is 16.2. The van der Waals surface area contributed by atoms with Gasteiger partial charge >= 0.3 is 0 Å². The summed E-state index contributed by atoms with van der Waals surface area (Å²) in [5, 5.41) is 0. The van der Waals surface area contributed by atoms with E-state index >= 15 is 0 Å². The van der Waals surface area contributed by atoms with Gasteiger partial charge in [0, 0.05) is 69.1 Å². The van der Waals surface area contributed by atoms with Gasteiger partial charge in [-0.15, -0.1) is 0 Å². The summed E-state index contributed by atoms with van der Waals surface area (Å²) < 4.78 is 0. The molecule has 4 rings (SSSR count). The Morgan fingerprint density at radius 3 is 2.21 bits per heavy atom. The molecule has 6 nitrogen and oxygen atoms in total. The summed E-state index contributed by atoms with van der Waals surface area (Å²) in [6.07, 6.45) is 4.05. The molecule has 6 heteroatoms. The Morgan fingerprint density at radius 2 is 1.66 bits per heavy atom. The van der Waals surface area contributed by atoms with Crippen LogP contribution in [0, 0.1) is 0 Å². The maximum Gasteiger partial charge on any atom is 0.236 e. The smallest absolute Gasteiger partial charge is 0.236 e. The molecule has 1 atom stereocenters. The van der Waals surface area contributed by atoms with Crippen molar-refractivity contribution in [2.45, 2.75) is 45.2 Å². The molecule has 0 aromatic heterocycles. The largest absolute Gasteiger partial charge is 0.369 e. The maximum atomic E-state index is 12.8. The number of carbonyl (C=O) groups excluding carboxylic acids is 2. The van der Waals surface area contributed by atoms with Crippen LogP contribution in [0.1, 0.15) is 43.5 Å². The Bertz CT molecular complexity index is 723. The third-order valence-corrected chi connectivity index (χ3v) is 7.00. The summed E-state index contributed by atoms with van der Waals surface area (Å²) in [5.41, 5.74) is 1.91. The number of carbonyl (C=O) groups is 2. The summed E-state index contributed by atoms with van der Waals surface area (Å²) in [7, 11) is 0. The van der Waals surface area contributed by atoms with E-state index < -0.39 is 0 Å². The van der Waals surface area contributed by atoms with Crippen molar-refractivity contribution in [3.8, 4) is 0 Å². The lowest BCUT2D eigenvalue weighted by Crippen LogP contribution is -2.57. The Hall–Kier alpha value is -1.92. The number of ketones is 1. The van der Waals surface area contributed by atoms with Gasteiger partial charge < -0.3 is 9.80 Å². The van der Waals surface area contributed by atoms with Gasteiger partial charge in [-0.3, -0.25) is 19.4 Å². The van der Waals surface area contributed by atoms with E-state index in [9.17, 15) is 9.59 Å². The minimum absolute atomic E-state index is 0.0989. The minimum Gasteiger partial charge on any atom is -0.369 e. The first-order valence-electron chi connectivity index (χ1n) is 11.1. The number of Topliss-reactive ketones (excluding diaryl/α,β-unsaturated/α-hetero) is 1. The van der Waals surface area contributed by atoms with Crippen LogP contribution in [0.4, 0.5) is 5.69 Å². The van der Waals surface area contributed by atoms with Crippen LogP contribution in [-0.4, -0.2) is 90.8 Å². The maximum absolute atomic E-state index is 12.8. The normalized spacial score (nSPS) is 24.4. The van der Waals surface area contributed by atoms with E-state index in [0.717, 1.165) is 63.1 Å². The van der Waals surface area contributed by atoms with Gasteiger partial charge in [0.05, 0.1) is 6.54 Å². The number of amides is 1. The van der Waals surface area contributed by atoms with E-state index in [2.05, 4.69) is 26.5 Å². The van der Waals surface area contributed by atoms with E-state index in [1.165, 1.54) is 19.3 Å². The van der Waals surface area contributed by atoms with E-state index in [4.69, 9.17) is 0 Å². The SMILES string of the molecule is CC(=O)c1ccc(N2CCN(CC(=O)N3CCN(C4CCC4)CC3)[C@H](C)C2)cc1. The molecular weight excluding hydrogens is 364 g/mol. The second-order valence-corrected chi connectivity index (χ2v) is 8.87. The summed E-state index contributed by atoms with van der Waals surface area (Å²) in [6, 6.07) is 8.99. The van der Waals surface area contributed by atoms with Crippen LogP contribution in [0.15, 0.2) is 24.3 Å². The number of benzene rings is 1. The molecule has 158 valence electrons. The van der Waals surface area contributed by atoms with Gasteiger partial charge in [0.1, 0.15) is 0 Å². The summed E-state index contributed by atoms with van der Waals surface area (Å²) in [6.45, 7) is 10.9. The molecule has 2 aliphatic heterocycles. The first kappa shape index (κ1) is 20.4. The first-order valence-corrected chi connectivity index (χ1v) is 11.1. The molecular formula is C23H34N4O2. The predicted octanol–water partition coefficient (Wildman–Crippen LogP) is 2.10. The number of anilines is 1. The molecule has 3 aliphatic rings. The standard InChI is InChI=1S/C23H34N4O2/c1-18-16-27(22-8-6-20(7-9-22)19(2)28)15-14-26(18)17-23(29)25-12-10-24(11-13-25)21-4-3-5-21/h6-9,18,21H,3-5,10-17H2,1-2H3/t18-/m1/s1. The van der Waals surface area contributed by atoms with Crippen LogP contribution in [0.5, 0.6) is 0 Å². The Kier molecular flexibility index (Phi) is 6.20. The predicted molar refractivity (Wildman–Crippen MR) is 115 cm³/mol. The number of piperazine rings is 2. The molecule has 0 unspecified atom stereocenters. The van der Waals surface area contributed by atoms with Crippen molar-refractivity contribution in [1.29, 1.82) is 0 Å². The van der Waals surface area contributed by atoms with Crippen molar-refractivity contribution in [3.63, 3.8) is 0 Å². The topological polar surface area (TPSA) is 47.1 Å². The van der Waals surface area contributed by atoms with Crippen molar-refractivity contribution in [2.24, 2.45) is 0 Å². The quantitative estimate of drug-likeness (QED) is 0.711. The van der Waals surface area contributed by atoms with E-state index in [0.29, 0.717) is 12.6 Å². The molecule has 3 fully saturated rings. The lowest BCUT2D eigenvalue weighted by molar-refractivity contribution is -0.135. The van der Waals surface area contributed by atoms with E-state index in [-0.39, 0.29) is 11.7 Å². The molecule has 1 aromatic carbocycles. The highest BCUT2D eigenvalue weighted by Crippen LogP contribution is 2.25. The molecule has 29 heavy (non-hydrogen) atoms. The Morgan fingerprint density at radius 1 is 0.966 bits per heavy atom. The molecule has 1 amide bonds. The number of nitrogens with zero attached hydrogens (tertiary/aromatic N) is 4. The van der Waals surface area contributed by atoms with Crippen LogP contribution in [0.2, 0.25) is 0 Å². The molecule has 0 bridgehead atoms. The third kappa shape index (κ3) is 4.64. The average Bonchev–Trinajstić information content (AvgIpc) is 2.69. The fourth-order valence-corrected chi connectivity index (χ4v) is 4.73. The number of hydrogen-bond donors (Lipinski definition) is 0. The zero-order valence-electron chi connectivity index (χ0n) is 17.8. The van der Waals surface area contributed by atoms with E-state index in [1.807, 2.05) is 24.3 Å². The van der Waals surface area contributed by atoms with Gasteiger partial charge in [0.15, 0.2) is 5.78 Å². The Balaban J connectivity index is 1.25. The van der Waals surface area contributed by atoms with Crippen LogP contribution >= 0.6 is 0 Å². The van der Waals surface area contributed by atoms with Crippen molar-refractivity contribution < 1.29 is 9.59 Å². The molecule has 0 N–H and O–H groups in total. The van der Waals surface area contributed by atoms with Crippen molar-refractivity contribution in [3.05, 3.63) is 29.8 Å². The lowest BCUT2D eigenvalue weighted by atomic mass is 9.91. The fourth-order valence-electron chi connectivity index (χ4n) is 4.73. The summed E-state index contributed by atoms with van der Waals surface area (Å²) in [5.74, 6) is 0.381. The fraction of sp³-hybridized carbons (Fsp3) is 0.652. The molecule has 1 aromatic rings. The number of rotatable bonds is 5. The van der Waals surface area contributed by atoms with Gasteiger partial charge in [0.25, 0.3) is 0 Å². The molecule has 0 spiro atoms. The van der Waals surface area contributed by atoms with Gasteiger partial charge in [-0.2, -0.15) is 0 Å². The second-order valence-electron chi connectivity index (χ2n) is 8.87. The van der Waals surface area contributed by atoms with Gasteiger partial charge in [-0.25, -0.2) is 0 Å². The zero-order valence-corrected chi connectivity index (χ0v) is 17.8. The molecule has 1 aliphatic carbocycles. The van der Waals surface area contributed by atoms with Crippen LogP contribution in [0.25, 0.3) is 0 Å². The van der Waals surface area contributed by atoms with Crippen molar-refractivity contribution >= 4 is 17.4 Å². The highest BCUT2D eigenvalue weighted by molar-refractivity contribution is 5.94.